The first-order valence-corrected chi connectivity index (χ1v) is 4.86. The Morgan fingerprint density at radius 2 is 1.94 bits per heavy atom. The fourth-order valence-corrected chi connectivity index (χ4v) is 1.61. The third-order valence-electron chi connectivity index (χ3n) is 2.39. The topological polar surface area (TPSA) is 69.1 Å². The second kappa shape index (κ2) is 3.30. The lowest BCUT2D eigenvalue weighted by Crippen LogP contribution is -2.00. The minimum absolute atomic E-state index is 0.390. The molecule has 0 aliphatic rings. The van der Waals surface area contributed by atoms with Crippen LogP contribution in [0.15, 0.2) is 42.7 Å². The molecular weight excluding hydrogens is 202 g/mol. The maximum absolute atomic E-state index is 5.81. The number of fused-ring (bicyclic) bond motifs is 1. The summed E-state index contributed by atoms with van der Waals surface area (Å²) in [6, 6.07) is 11.7. The van der Waals surface area contributed by atoms with Crippen LogP contribution in [0.2, 0.25) is 0 Å². The van der Waals surface area contributed by atoms with Crippen LogP contribution in [0.5, 0.6) is 0 Å². The van der Waals surface area contributed by atoms with Gasteiger partial charge in [0.25, 0.3) is 0 Å². The molecule has 0 fully saturated rings. The molecule has 2 aromatic heterocycles. The predicted octanol–water partition coefficient (Wildman–Crippen LogP) is 1.37. The minimum atomic E-state index is 0.390. The van der Waals surface area contributed by atoms with Crippen molar-refractivity contribution < 1.29 is 0 Å². The van der Waals surface area contributed by atoms with Crippen LogP contribution in [0.3, 0.4) is 0 Å². The van der Waals surface area contributed by atoms with E-state index in [2.05, 4.69) is 15.2 Å². The fourth-order valence-electron chi connectivity index (χ4n) is 1.61. The van der Waals surface area contributed by atoms with Gasteiger partial charge in [-0.1, -0.05) is 30.3 Å². The van der Waals surface area contributed by atoms with Gasteiger partial charge in [0, 0.05) is 11.6 Å². The van der Waals surface area contributed by atoms with Gasteiger partial charge in [0.1, 0.15) is 6.33 Å². The molecule has 0 aliphatic carbocycles. The molecule has 5 nitrogen and oxygen atoms in total. The van der Waals surface area contributed by atoms with Crippen molar-refractivity contribution in [1.82, 2.24) is 19.6 Å². The minimum Gasteiger partial charge on any atom is -0.369 e. The van der Waals surface area contributed by atoms with Gasteiger partial charge in [-0.3, -0.25) is 4.40 Å². The Morgan fingerprint density at radius 3 is 2.75 bits per heavy atom. The molecule has 0 aliphatic heterocycles. The van der Waals surface area contributed by atoms with Gasteiger partial charge in [-0.25, -0.2) is 4.98 Å². The summed E-state index contributed by atoms with van der Waals surface area (Å²) in [6.07, 6.45) is 1.55. The van der Waals surface area contributed by atoms with Crippen molar-refractivity contribution in [2.45, 2.75) is 0 Å². The third kappa shape index (κ3) is 1.30. The van der Waals surface area contributed by atoms with Gasteiger partial charge in [-0.15, -0.1) is 10.2 Å². The largest absolute Gasteiger partial charge is 0.369 e. The number of nitrogens with two attached hydrogens (primary N) is 1. The van der Waals surface area contributed by atoms with Crippen LogP contribution in [0, 0.1) is 0 Å². The zero-order valence-corrected chi connectivity index (χ0v) is 8.41. The molecule has 2 heterocycles. The van der Waals surface area contributed by atoms with Gasteiger partial charge >= 0.3 is 0 Å². The first-order chi connectivity index (χ1) is 7.84. The Kier molecular flexibility index (Phi) is 1.83. The maximum atomic E-state index is 5.81. The number of aromatic nitrogens is 4. The summed E-state index contributed by atoms with van der Waals surface area (Å²) in [4.78, 5) is 4.30. The standard InChI is InChI=1S/C11H9N5/c12-11-14-9(8-4-2-1-3-5-8)6-10-15-13-7-16(10)11/h1-7H,(H2,12,14). The summed E-state index contributed by atoms with van der Waals surface area (Å²) < 4.78 is 1.65. The Labute approximate surface area is 91.6 Å². The van der Waals surface area contributed by atoms with E-state index in [1.165, 1.54) is 0 Å². The molecule has 78 valence electrons. The third-order valence-corrected chi connectivity index (χ3v) is 2.39. The van der Waals surface area contributed by atoms with Crippen molar-refractivity contribution in [3.63, 3.8) is 0 Å². The second-order valence-corrected chi connectivity index (χ2v) is 3.42. The van der Waals surface area contributed by atoms with Crippen LogP contribution >= 0.6 is 0 Å². The molecule has 0 radical (unpaired) electrons. The van der Waals surface area contributed by atoms with E-state index in [4.69, 9.17) is 5.73 Å². The predicted molar refractivity (Wildman–Crippen MR) is 60.6 cm³/mol. The number of rotatable bonds is 1. The smallest absolute Gasteiger partial charge is 0.207 e. The van der Waals surface area contributed by atoms with Crippen LogP contribution in [0.25, 0.3) is 16.9 Å². The quantitative estimate of drug-likeness (QED) is 0.660. The maximum Gasteiger partial charge on any atom is 0.207 e. The van der Waals surface area contributed by atoms with E-state index in [1.54, 1.807) is 10.7 Å². The van der Waals surface area contributed by atoms with Gasteiger partial charge < -0.3 is 5.73 Å². The average Bonchev–Trinajstić information content (AvgIpc) is 2.79. The van der Waals surface area contributed by atoms with Crippen molar-refractivity contribution in [2.75, 3.05) is 5.73 Å². The molecular formula is C11H9N5. The van der Waals surface area contributed by atoms with E-state index in [1.807, 2.05) is 36.4 Å². The zero-order valence-electron chi connectivity index (χ0n) is 8.41. The second-order valence-electron chi connectivity index (χ2n) is 3.42. The number of nitrogens with zero attached hydrogens (tertiary/aromatic N) is 4. The highest BCUT2D eigenvalue weighted by Crippen LogP contribution is 2.19. The molecule has 3 aromatic rings. The number of benzene rings is 1. The number of hydrogen-bond acceptors (Lipinski definition) is 4. The van der Waals surface area contributed by atoms with E-state index >= 15 is 0 Å². The van der Waals surface area contributed by atoms with Crippen molar-refractivity contribution in [2.24, 2.45) is 0 Å². The van der Waals surface area contributed by atoms with Crippen molar-refractivity contribution in [3.8, 4) is 11.3 Å². The number of hydrogen-bond donors (Lipinski definition) is 1. The average molecular weight is 211 g/mol. The molecule has 0 saturated heterocycles. The molecule has 5 heteroatoms. The summed E-state index contributed by atoms with van der Waals surface area (Å²) in [5.74, 6) is 0.390. The van der Waals surface area contributed by atoms with Crippen LogP contribution in [-0.4, -0.2) is 19.6 Å². The summed E-state index contributed by atoms with van der Waals surface area (Å²) in [7, 11) is 0. The zero-order chi connectivity index (χ0) is 11.0. The molecule has 16 heavy (non-hydrogen) atoms. The van der Waals surface area contributed by atoms with E-state index in [-0.39, 0.29) is 0 Å². The van der Waals surface area contributed by atoms with Gasteiger partial charge in [-0.2, -0.15) is 0 Å². The van der Waals surface area contributed by atoms with Crippen molar-refractivity contribution >= 4 is 11.6 Å². The van der Waals surface area contributed by atoms with E-state index < -0.39 is 0 Å². The first-order valence-electron chi connectivity index (χ1n) is 4.86. The van der Waals surface area contributed by atoms with Crippen molar-refractivity contribution in [3.05, 3.63) is 42.7 Å². The summed E-state index contributed by atoms with van der Waals surface area (Å²) in [6.45, 7) is 0. The lowest BCUT2D eigenvalue weighted by Gasteiger charge is -2.03. The fraction of sp³-hybridized carbons (Fsp3) is 0. The molecule has 0 bridgehead atoms. The van der Waals surface area contributed by atoms with Crippen LogP contribution < -0.4 is 5.73 Å². The summed E-state index contributed by atoms with van der Waals surface area (Å²) in [5.41, 5.74) is 8.33. The Bertz CT molecular complexity index is 629. The van der Waals surface area contributed by atoms with Crippen molar-refractivity contribution in [1.29, 1.82) is 0 Å². The van der Waals surface area contributed by atoms with E-state index in [0.717, 1.165) is 11.3 Å². The van der Waals surface area contributed by atoms with Gasteiger partial charge in [0.2, 0.25) is 5.95 Å². The van der Waals surface area contributed by atoms with E-state index in [0.29, 0.717) is 11.6 Å². The molecule has 1 aromatic carbocycles. The van der Waals surface area contributed by atoms with E-state index in [9.17, 15) is 0 Å². The van der Waals surface area contributed by atoms with Gasteiger partial charge in [0.15, 0.2) is 5.65 Å². The highest BCUT2D eigenvalue weighted by Gasteiger charge is 2.05. The van der Waals surface area contributed by atoms with Crippen LogP contribution in [0.1, 0.15) is 0 Å². The summed E-state index contributed by atoms with van der Waals surface area (Å²) >= 11 is 0. The molecule has 0 saturated carbocycles. The lowest BCUT2D eigenvalue weighted by molar-refractivity contribution is 1.09. The highest BCUT2D eigenvalue weighted by atomic mass is 15.3. The van der Waals surface area contributed by atoms with Gasteiger partial charge in [0.05, 0.1) is 5.69 Å². The lowest BCUT2D eigenvalue weighted by atomic mass is 10.1. The van der Waals surface area contributed by atoms with Crippen LogP contribution in [0.4, 0.5) is 5.95 Å². The molecule has 0 spiro atoms. The molecule has 0 amide bonds. The molecule has 3 rings (SSSR count). The molecule has 0 unspecified atom stereocenters. The Balaban J connectivity index is 2.25. The van der Waals surface area contributed by atoms with Crippen LogP contribution in [-0.2, 0) is 0 Å². The highest BCUT2D eigenvalue weighted by molar-refractivity contribution is 5.65. The number of nitrogen functional groups attached to an aromatic ring is 1. The summed E-state index contributed by atoms with van der Waals surface area (Å²) in [5, 5.41) is 7.75. The normalized spacial score (nSPS) is 10.8. The Hall–Kier alpha value is -2.43. The van der Waals surface area contributed by atoms with Gasteiger partial charge in [-0.05, 0) is 0 Å². The monoisotopic (exact) mass is 211 g/mol. The number of anilines is 1. The Morgan fingerprint density at radius 1 is 1.12 bits per heavy atom. The first kappa shape index (κ1) is 8.84. The molecule has 0 atom stereocenters. The molecule has 2 N–H and O–H groups in total. The SMILES string of the molecule is Nc1nc(-c2ccccc2)cc2nncn12.